The Hall–Kier alpha value is -1.59. The van der Waals surface area contributed by atoms with Crippen LogP contribution in [0.15, 0.2) is 18.2 Å². The van der Waals surface area contributed by atoms with Crippen LogP contribution in [0.2, 0.25) is 0 Å². The minimum atomic E-state index is 0.0788. The van der Waals surface area contributed by atoms with Crippen molar-refractivity contribution in [2.45, 2.75) is 58.4 Å². The molecule has 0 spiro atoms. The first kappa shape index (κ1) is 19.2. The molecular formula is C21H32N2O3. The maximum absolute atomic E-state index is 12.7. The van der Waals surface area contributed by atoms with E-state index >= 15 is 0 Å². The maximum Gasteiger partial charge on any atom is 0.260 e. The molecule has 2 aliphatic rings. The van der Waals surface area contributed by atoms with E-state index in [4.69, 9.17) is 9.57 Å². The van der Waals surface area contributed by atoms with Crippen LogP contribution < -0.4 is 4.74 Å². The second-order valence-electron chi connectivity index (χ2n) is 7.51. The lowest BCUT2D eigenvalue weighted by Gasteiger charge is -2.26. The smallest absolute Gasteiger partial charge is 0.260 e. The van der Waals surface area contributed by atoms with E-state index in [0.717, 1.165) is 44.6 Å². The van der Waals surface area contributed by atoms with Gasteiger partial charge in [-0.3, -0.25) is 14.5 Å². The fourth-order valence-corrected chi connectivity index (χ4v) is 3.94. The summed E-state index contributed by atoms with van der Waals surface area (Å²) < 4.78 is 5.62. The van der Waals surface area contributed by atoms with Gasteiger partial charge in [0.2, 0.25) is 0 Å². The molecule has 0 aromatic heterocycles. The molecule has 0 saturated carbocycles. The van der Waals surface area contributed by atoms with Gasteiger partial charge in [-0.15, -0.1) is 0 Å². The van der Waals surface area contributed by atoms with E-state index in [1.165, 1.54) is 11.1 Å². The molecule has 0 N–H and O–H groups in total. The summed E-state index contributed by atoms with van der Waals surface area (Å²) in [5, 5.41) is 1.57. The van der Waals surface area contributed by atoms with E-state index in [-0.39, 0.29) is 5.91 Å². The van der Waals surface area contributed by atoms with Crippen molar-refractivity contribution in [3.63, 3.8) is 0 Å². The number of likely N-dealkylation sites (tertiary alicyclic amines) is 1. The van der Waals surface area contributed by atoms with Crippen molar-refractivity contribution >= 4 is 5.91 Å². The Morgan fingerprint density at radius 1 is 1.35 bits per heavy atom. The summed E-state index contributed by atoms with van der Waals surface area (Å²) in [6.45, 7) is 9.78. The second kappa shape index (κ2) is 8.87. The van der Waals surface area contributed by atoms with Crippen LogP contribution in [-0.4, -0.2) is 54.8 Å². The maximum atomic E-state index is 12.7. The van der Waals surface area contributed by atoms with Crippen molar-refractivity contribution in [3.8, 4) is 5.75 Å². The lowest BCUT2D eigenvalue weighted by molar-refractivity contribution is -0.187. The van der Waals surface area contributed by atoms with Gasteiger partial charge in [0.1, 0.15) is 5.75 Å². The van der Waals surface area contributed by atoms with Crippen LogP contribution in [0, 0.1) is 0 Å². The molecule has 0 unspecified atom stereocenters. The molecule has 3 rings (SSSR count). The molecule has 2 aliphatic heterocycles. The monoisotopic (exact) mass is 360 g/mol. The molecule has 0 aliphatic carbocycles. The first-order valence-corrected chi connectivity index (χ1v) is 10.0. The van der Waals surface area contributed by atoms with Crippen LogP contribution >= 0.6 is 0 Å². The number of benzene rings is 1. The van der Waals surface area contributed by atoms with Crippen molar-refractivity contribution in [1.82, 2.24) is 9.96 Å². The zero-order valence-electron chi connectivity index (χ0n) is 16.4. The summed E-state index contributed by atoms with van der Waals surface area (Å²) in [5.41, 5.74) is 2.70. The van der Waals surface area contributed by atoms with Gasteiger partial charge < -0.3 is 4.74 Å². The zero-order valence-corrected chi connectivity index (χ0v) is 16.4. The number of fused-ring (bicyclic) bond motifs is 1. The highest BCUT2D eigenvalue weighted by molar-refractivity contribution is 5.77. The predicted molar refractivity (Wildman–Crippen MR) is 102 cm³/mol. The molecule has 1 amide bonds. The molecule has 5 nitrogen and oxygen atoms in total. The number of hydrogen-bond donors (Lipinski definition) is 0. The van der Waals surface area contributed by atoms with Gasteiger partial charge in [0.05, 0.1) is 19.8 Å². The fraction of sp³-hybridized carbons (Fsp3) is 0.667. The predicted octanol–water partition coefficient (Wildman–Crippen LogP) is 3.38. The van der Waals surface area contributed by atoms with E-state index in [9.17, 15) is 4.79 Å². The van der Waals surface area contributed by atoms with E-state index < -0.39 is 0 Å². The van der Waals surface area contributed by atoms with Crippen molar-refractivity contribution in [2.24, 2.45) is 0 Å². The molecule has 0 radical (unpaired) electrons. The van der Waals surface area contributed by atoms with Crippen LogP contribution in [0.4, 0.5) is 0 Å². The van der Waals surface area contributed by atoms with Gasteiger partial charge >= 0.3 is 0 Å². The van der Waals surface area contributed by atoms with Gasteiger partial charge in [-0.05, 0) is 49.3 Å². The molecule has 1 saturated heterocycles. The number of carbonyl (C=O) groups is 1. The van der Waals surface area contributed by atoms with Crippen LogP contribution in [0.5, 0.6) is 5.75 Å². The number of amides is 1. The lowest BCUT2D eigenvalue weighted by atomic mass is 9.94. The molecule has 1 aromatic carbocycles. The minimum absolute atomic E-state index is 0.0788. The number of rotatable bonds is 8. The number of ether oxygens (including phenoxy) is 1. The van der Waals surface area contributed by atoms with Gasteiger partial charge in [0.15, 0.2) is 0 Å². The number of nitrogens with zero attached hydrogens (tertiary/aromatic N) is 2. The van der Waals surface area contributed by atoms with E-state index in [2.05, 4.69) is 43.9 Å². The second-order valence-corrected chi connectivity index (χ2v) is 7.51. The highest BCUT2D eigenvalue weighted by Gasteiger charge is 2.32. The summed E-state index contributed by atoms with van der Waals surface area (Å²) in [7, 11) is 0. The summed E-state index contributed by atoms with van der Waals surface area (Å²) in [6.07, 6.45) is 3.92. The first-order chi connectivity index (χ1) is 12.6. The van der Waals surface area contributed by atoms with Gasteiger partial charge in [-0.1, -0.05) is 26.0 Å². The van der Waals surface area contributed by atoms with Crippen LogP contribution in [0.1, 0.15) is 57.1 Å². The van der Waals surface area contributed by atoms with E-state index in [1.54, 1.807) is 5.06 Å². The van der Waals surface area contributed by atoms with E-state index in [1.807, 2.05) is 0 Å². The third kappa shape index (κ3) is 4.38. The van der Waals surface area contributed by atoms with Gasteiger partial charge in [0, 0.05) is 25.6 Å². The van der Waals surface area contributed by atoms with Crippen LogP contribution in [-0.2, 0) is 16.1 Å². The van der Waals surface area contributed by atoms with Gasteiger partial charge in [0.25, 0.3) is 5.91 Å². The third-order valence-electron chi connectivity index (χ3n) is 5.38. The summed E-state index contributed by atoms with van der Waals surface area (Å²) in [4.78, 5) is 20.6. The quantitative estimate of drug-likeness (QED) is 0.667. The highest BCUT2D eigenvalue weighted by atomic mass is 16.7. The number of hydroxylamine groups is 2. The van der Waals surface area contributed by atoms with Crippen molar-refractivity contribution < 1.29 is 14.4 Å². The molecule has 2 atom stereocenters. The molecule has 2 heterocycles. The molecule has 0 bridgehead atoms. The standard InChI is InChI=1S/C21H32N2O3/c1-4-9-23(26-10-5-2)21(24)15-22-14-19(12-16(22)3)17-6-7-20-18(13-17)8-11-25-20/h6-7,13,16,19H,4-5,8-12,14-15H2,1-3H3/t16-,19+/m0/s1. The zero-order chi connectivity index (χ0) is 18.5. The summed E-state index contributed by atoms with van der Waals surface area (Å²) >= 11 is 0. The van der Waals surface area contributed by atoms with Crippen molar-refractivity contribution in [2.75, 3.05) is 32.8 Å². The van der Waals surface area contributed by atoms with Crippen molar-refractivity contribution in [1.29, 1.82) is 0 Å². The topological polar surface area (TPSA) is 42.0 Å². The fourth-order valence-electron chi connectivity index (χ4n) is 3.94. The Balaban J connectivity index is 1.60. The Morgan fingerprint density at radius 2 is 2.19 bits per heavy atom. The lowest BCUT2D eigenvalue weighted by Crippen LogP contribution is -2.42. The minimum Gasteiger partial charge on any atom is -0.493 e. The van der Waals surface area contributed by atoms with Crippen LogP contribution in [0.25, 0.3) is 0 Å². The molecule has 5 heteroatoms. The largest absolute Gasteiger partial charge is 0.493 e. The number of carbonyl (C=O) groups excluding carboxylic acids is 1. The molecule has 144 valence electrons. The average molecular weight is 360 g/mol. The van der Waals surface area contributed by atoms with Gasteiger partial charge in [-0.2, -0.15) is 0 Å². The third-order valence-corrected chi connectivity index (χ3v) is 5.38. The Morgan fingerprint density at radius 3 is 2.96 bits per heavy atom. The highest BCUT2D eigenvalue weighted by Crippen LogP contribution is 2.35. The van der Waals surface area contributed by atoms with Crippen molar-refractivity contribution in [3.05, 3.63) is 29.3 Å². The molecule has 1 fully saturated rings. The van der Waals surface area contributed by atoms with Crippen LogP contribution in [0.3, 0.4) is 0 Å². The summed E-state index contributed by atoms with van der Waals surface area (Å²) in [6, 6.07) is 7.01. The Kier molecular flexibility index (Phi) is 6.54. The van der Waals surface area contributed by atoms with Gasteiger partial charge in [-0.25, -0.2) is 5.06 Å². The average Bonchev–Trinajstić information content (AvgIpc) is 3.24. The molecule has 26 heavy (non-hydrogen) atoms. The Labute approximate surface area is 157 Å². The normalized spacial score (nSPS) is 22.3. The first-order valence-electron chi connectivity index (χ1n) is 10.0. The molecular weight excluding hydrogens is 328 g/mol. The summed E-state index contributed by atoms with van der Waals surface area (Å²) in [5.74, 6) is 1.60. The Bertz CT molecular complexity index is 619. The molecule has 1 aromatic rings. The number of hydrogen-bond acceptors (Lipinski definition) is 4. The van der Waals surface area contributed by atoms with E-state index in [0.29, 0.717) is 31.7 Å². The SMILES string of the molecule is CCCON(CCC)C(=O)CN1C[C@H](c2ccc3c(c2)CCO3)C[C@@H]1C.